The summed E-state index contributed by atoms with van der Waals surface area (Å²) >= 11 is 0. The smallest absolute Gasteiger partial charge is 0.230 e. The standard InChI is InChI=1S/C17H12O4/c1-21-11-8-6-10(7-9-11)14-15(18)12-4-2-3-5-13(12)16(19)17(14)20/h2-9,14H,1H3. The zero-order valence-corrected chi connectivity index (χ0v) is 11.3. The highest BCUT2D eigenvalue weighted by Crippen LogP contribution is 2.31. The summed E-state index contributed by atoms with van der Waals surface area (Å²) in [6.07, 6.45) is 0. The Balaban J connectivity index is 2.09. The molecule has 0 spiro atoms. The van der Waals surface area contributed by atoms with Crippen LogP contribution in [0.3, 0.4) is 0 Å². The minimum absolute atomic E-state index is 0.192. The number of hydrogen-bond donors (Lipinski definition) is 0. The largest absolute Gasteiger partial charge is 0.497 e. The van der Waals surface area contributed by atoms with Gasteiger partial charge in [-0.3, -0.25) is 14.4 Å². The lowest BCUT2D eigenvalue weighted by atomic mass is 9.77. The van der Waals surface area contributed by atoms with Crippen molar-refractivity contribution in [3.8, 4) is 5.75 Å². The Hall–Kier alpha value is -2.75. The number of ether oxygens (including phenoxy) is 1. The van der Waals surface area contributed by atoms with Crippen LogP contribution in [0.4, 0.5) is 0 Å². The Morgan fingerprint density at radius 2 is 1.43 bits per heavy atom. The van der Waals surface area contributed by atoms with Crippen molar-refractivity contribution in [2.45, 2.75) is 5.92 Å². The number of rotatable bonds is 2. The lowest BCUT2D eigenvalue weighted by molar-refractivity contribution is -0.115. The van der Waals surface area contributed by atoms with Gasteiger partial charge in [0.15, 0.2) is 5.78 Å². The van der Waals surface area contributed by atoms with Gasteiger partial charge in [-0.05, 0) is 17.7 Å². The van der Waals surface area contributed by atoms with Crippen molar-refractivity contribution in [2.24, 2.45) is 0 Å². The monoisotopic (exact) mass is 280 g/mol. The number of carbonyl (C=O) groups is 3. The van der Waals surface area contributed by atoms with Crippen molar-refractivity contribution < 1.29 is 19.1 Å². The molecule has 1 aliphatic carbocycles. The van der Waals surface area contributed by atoms with Crippen LogP contribution in [0.5, 0.6) is 5.75 Å². The van der Waals surface area contributed by atoms with Gasteiger partial charge in [0, 0.05) is 11.1 Å². The van der Waals surface area contributed by atoms with Crippen molar-refractivity contribution in [3.63, 3.8) is 0 Å². The Bertz CT molecular complexity index is 744. The molecule has 0 saturated heterocycles. The molecule has 0 bridgehead atoms. The van der Waals surface area contributed by atoms with Crippen LogP contribution in [0, 0.1) is 0 Å². The van der Waals surface area contributed by atoms with Crippen molar-refractivity contribution in [1.82, 2.24) is 0 Å². The van der Waals surface area contributed by atoms with E-state index in [9.17, 15) is 14.4 Å². The zero-order valence-electron chi connectivity index (χ0n) is 11.3. The molecule has 4 nitrogen and oxygen atoms in total. The van der Waals surface area contributed by atoms with Crippen LogP contribution in [0.25, 0.3) is 0 Å². The van der Waals surface area contributed by atoms with Crippen LogP contribution in [0.1, 0.15) is 32.2 Å². The van der Waals surface area contributed by atoms with E-state index in [1.807, 2.05) is 0 Å². The van der Waals surface area contributed by atoms with E-state index in [2.05, 4.69) is 0 Å². The number of Topliss-reactive ketones (excluding diaryl/α,β-unsaturated/α-hetero) is 3. The SMILES string of the molecule is COc1ccc(C2C(=O)C(=O)c3ccccc3C2=O)cc1. The molecular formula is C17H12O4. The van der Waals surface area contributed by atoms with E-state index in [-0.39, 0.29) is 11.3 Å². The van der Waals surface area contributed by atoms with Crippen molar-refractivity contribution in [3.05, 3.63) is 65.2 Å². The fourth-order valence-electron chi connectivity index (χ4n) is 2.53. The fourth-order valence-corrected chi connectivity index (χ4v) is 2.53. The first-order valence-corrected chi connectivity index (χ1v) is 6.49. The molecule has 0 saturated carbocycles. The normalized spacial score (nSPS) is 17.6. The first kappa shape index (κ1) is 13.2. The zero-order chi connectivity index (χ0) is 15.0. The first-order valence-electron chi connectivity index (χ1n) is 6.49. The molecule has 1 aliphatic rings. The lowest BCUT2D eigenvalue weighted by Gasteiger charge is -2.21. The number of carbonyl (C=O) groups excluding carboxylic acids is 3. The van der Waals surface area contributed by atoms with Gasteiger partial charge in [0.05, 0.1) is 7.11 Å². The summed E-state index contributed by atoms with van der Waals surface area (Å²) in [5.41, 5.74) is 1.01. The topological polar surface area (TPSA) is 60.4 Å². The Morgan fingerprint density at radius 1 is 0.810 bits per heavy atom. The van der Waals surface area contributed by atoms with Crippen LogP contribution < -0.4 is 4.74 Å². The molecule has 0 N–H and O–H groups in total. The molecular weight excluding hydrogens is 268 g/mol. The predicted molar refractivity (Wildman–Crippen MR) is 75.8 cm³/mol. The van der Waals surface area contributed by atoms with E-state index >= 15 is 0 Å². The van der Waals surface area contributed by atoms with Gasteiger partial charge in [0.1, 0.15) is 11.7 Å². The average Bonchev–Trinajstić information content (AvgIpc) is 2.53. The van der Waals surface area contributed by atoms with E-state index in [0.29, 0.717) is 16.9 Å². The number of hydrogen-bond acceptors (Lipinski definition) is 4. The molecule has 3 rings (SSSR count). The summed E-state index contributed by atoms with van der Waals surface area (Å²) in [6, 6.07) is 13.0. The third-order valence-electron chi connectivity index (χ3n) is 3.63. The number of methoxy groups -OCH3 is 1. The first-order chi connectivity index (χ1) is 10.1. The molecule has 1 unspecified atom stereocenters. The molecule has 0 aromatic heterocycles. The molecule has 2 aromatic rings. The van der Waals surface area contributed by atoms with Crippen LogP contribution in [0.2, 0.25) is 0 Å². The molecule has 0 heterocycles. The highest BCUT2D eigenvalue weighted by Gasteiger charge is 2.40. The van der Waals surface area contributed by atoms with Crippen LogP contribution in [-0.2, 0) is 4.79 Å². The molecule has 0 aliphatic heterocycles. The Morgan fingerprint density at radius 3 is 2.05 bits per heavy atom. The molecule has 1 atom stereocenters. The molecule has 21 heavy (non-hydrogen) atoms. The van der Waals surface area contributed by atoms with Crippen molar-refractivity contribution in [2.75, 3.05) is 7.11 Å². The van der Waals surface area contributed by atoms with Crippen LogP contribution in [-0.4, -0.2) is 24.5 Å². The van der Waals surface area contributed by atoms with E-state index in [0.717, 1.165) is 0 Å². The van der Waals surface area contributed by atoms with Gasteiger partial charge < -0.3 is 4.74 Å². The second-order valence-electron chi connectivity index (χ2n) is 4.81. The summed E-state index contributed by atoms with van der Waals surface area (Å²) in [5.74, 6) is -2.05. The van der Waals surface area contributed by atoms with Gasteiger partial charge in [0.25, 0.3) is 0 Å². The van der Waals surface area contributed by atoms with Crippen LogP contribution >= 0.6 is 0 Å². The number of benzene rings is 2. The van der Waals surface area contributed by atoms with Crippen molar-refractivity contribution >= 4 is 17.3 Å². The van der Waals surface area contributed by atoms with Crippen LogP contribution in [0.15, 0.2) is 48.5 Å². The van der Waals surface area contributed by atoms with E-state index < -0.39 is 17.5 Å². The molecule has 104 valence electrons. The van der Waals surface area contributed by atoms with E-state index in [4.69, 9.17) is 4.74 Å². The Kier molecular flexibility index (Phi) is 3.14. The maximum absolute atomic E-state index is 12.5. The van der Waals surface area contributed by atoms with Gasteiger partial charge in [-0.1, -0.05) is 36.4 Å². The molecule has 4 heteroatoms. The highest BCUT2D eigenvalue weighted by molar-refractivity contribution is 6.53. The third kappa shape index (κ3) is 2.05. The summed E-state index contributed by atoms with van der Waals surface area (Å²) < 4.78 is 5.05. The maximum Gasteiger partial charge on any atom is 0.230 e. The van der Waals surface area contributed by atoms with Gasteiger partial charge in [-0.25, -0.2) is 0 Å². The average molecular weight is 280 g/mol. The van der Waals surface area contributed by atoms with Gasteiger partial charge in [-0.2, -0.15) is 0 Å². The second kappa shape index (κ2) is 4.98. The summed E-state index contributed by atoms with van der Waals surface area (Å²) in [7, 11) is 1.53. The Labute approximate surface area is 121 Å². The fraction of sp³-hybridized carbons (Fsp3) is 0.118. The number of ketones is 3. The number of fused-ring (bicyclic) bond motifs is 1. The minimum Gasteiger partial charge on any atom is -0.497 e. The molecule has 0 radical (unpaired) electrons. The lowest BCUT2D eigenvalue weighted by Crippen LogP contribution is -2.35. The summed E-state index contributed by atoms with van der Waals surface area (Å²) in [4.78, 5) is 36.9. The van der Waals surface area contributed by atoms with Crippen molar-refractivity contribution in [1.29, 1.82) is 0 Å². The molecule has 2 aromatic carbocycles. The highest BCUT2D eigenvalue weighted by atomic mass is 16.5. The third-order valence-corrected chi connectivity index (χ3v) is 3.63. The maximum atomic E-state index is 12.5. The molecule has 0 amide bonds. The second-order valence-corrected chi connectivity index (χ2v) is 4.81. The quantitative estimate of drug-likeness (QED) is 0.626. The van der Waals surface area contributed by atoms with Gasteiger partial charge in [-0.15, -0.1) is 0 Å². The van der Waals surface area contributed by atoms with E-state index in [1.54, 1.807) is 42.5 Å². The summed E-state index contributed by atoms with van der Waals surface area (Å²) in [5, 5.41) is 0. The van der Waals surface area contributed by atoms with Gasteiger partial charge in [0.2, 0.25) is 11.6 Å². The molecule has 0 fully saturated rings. The predicted octanol–water partition coefficient (Wildman–Crippen LogP) is 2.43. The van der Waals surface area contributed by atoms with E-state index in [1.165, 1.54) is 13.2 Å². The minimum atomic E-state index is -1.06. The van der Waals surface area contributed by atoms with Gasteiger partial charge >= 0.3 is 0 Å². The summed E-state index contributed by atoms with van der Waals surface area (Å²) in [6.45, 7) is 0.